The van der Waals surface area contributed by atoms with Gasteiger partial charge in [-0.3, -0.25) is 4.99 Å². The molecule has 0 aromatic rings. The van der Waals surface area contributed by atoms with Crippen LogP contribution in [0, 0.1) is 0 Å². The van der Waals surface area contributed by atoms with E-state index in [-0.39, 0.29) is 6.04 Å². The molecule has 2 atom stereocenters. The third-order valence-electron chi connectivity index (χ3n) is 1.24. The third-order valence-corrected chi connectivity index (χ3v) is 4.00. The molecule has 1 aliphatic heterocycles. The second kappa shape index (κ2) is 4.38. The zero-order chi connectivity index (χ0) is 8.27. The Morgan fingerprint density at radius 2 is 2.64 bits per heavy atom. The van der Waals surface area contributed by atoms with Crippen molar-refractivity contribution in [3.05, 3.63) is 0 Å². The standard InChI is InChI=1S/C7H14N2S2/c1-5(8)3-10-7-9-6(2)4-11-7/h5-6H,3-4,8H2,1-2H3. The number of aliphatic imine (C=N–C) groups is 1. The van der Waals surface area contributed by atoms with E-state index < -0.39 is 0 Å². The van der Waals surface area contributed by atoms with Gasteiger partial charge < -0.3 is 5.73 Å². The quantitative estimate of drug-likeness (QED) is 0.718. The predicted octanol–water partition coefficient (Wildman–Crippen LogP) is 1.56. The predicted molar refractivity (Wildman–Crippen MR) is 55.5 cm³/mol. The Labute approximate surface area is 76.4 Å². The van der Waals surface area contributed by atoms with Gasteiger partial charge in [-0.05, 0) is 13.8 Å². The van der Waals surface area contributed by atoms with Gasteiger partial charge in [-0.25, -0.2) is 0 Å². The fourth-order valence-electron chi connectivity index (χ4n) is 0.728. The van der Waals surface area contributed by atoms with Crippen molar-refractivity contribution in [1.82, 2.24) is 0 Å². The van der Waals surface area contributed by atoms with Crippen molar-refractivity contribution >= 4 is 27.9 Å². The first-order chi connectivity index (χ1) is 5.18. The average molecular weight is 190 g/mol. The van der Waals surface area contributed by atoms with E-state index in [1.54, 1.807) is 11.8 Å². The lowest BCUT2D eigenvalue weighted by molar-refractivity contribution is 0.848. The Morgan fingerprint density at radius 1 is 1.91 bits per heavy atom. The molecule has 0 aliphatic carbocycles. The molecule has 1 rings (SSSR count). The Hall–Kier alpha value is 0.330. The zero-order valence-corrected chi connectivity index (χ0v) is 8.54. The van der Waals surface area contributed by atoms with Crippen LogP contribution in [0.5, 0.6) is 0 Å². The van der Waals surface area contributed by atoms with Gasteiger partial charge in [0.15, 0.2) is 0 Å². The molecule has 0 saturated heterocycles. The Kier molecular flexibility index (Phi) is 3.75. The van der Waals surface area contributed by atoms with Crippen molar-refractivity contribution in [2.75, 3.05) is 11.5 Å². The van der Waals surface area contributed by atoms with Crippen LogP contribution in [-0.4, -0.2) is 28.0 Å². The van der Waals surface area contributed by atoms with E-state index in [1.165, 1.54) is 4.38 Å². The fourth-order valence-corrected chi connectivity index (χ4v) is 2.84. The number of hydrogen-bond acceptors (Lipinski definition) is 4. The van der Waals surface area contributed by atoms with Crippen molar-refractivity contribution in [3.63, 3.8) is 0 Å². The molecule has 2 N–H and O–H groups in total. The largest absolute Gasteiger partial charge is 0.327 e. The van der Waals surface area contributed by atoms with Gasteiger partial charge in [0.25, 0.3) is 0 Å². The number of hydrogen-bond donors (Lipinski definition) is 1. The van der Waals surface area contributed by atoms with Crippen LogP contribution in [0.2, 0.25) is 0 Å². The lowest BCUT2D eigenvalue weighted by Crippen LogP contribution is -2.18. The molecular formula is C7H14N2S2. The molecule has 0 saturated carbocycles. The molecule has 0 spiro atoms. The van der Waals surface area contributed by atoms with E-state index in [0.717, 1.165) is 11.5 Å². The van der Waals surface area contributed by atoms with Gasteiger partial charge in [-0.2, -0.15) is 0 Å². The van der Waals surface area contributed by atoms with Crippen molar-refractivity contribution in [2.45, 2.75) is 25.9 Å². The molecular weight excluding hydrogens is 176 g/mol. The number of rotatable bonds is 2. The van der Waals surface area contributed by atoms with E-state index in [0.29, 0.717) is 6.04 Å². The minimum atomic E-state index is 0.277. The molecule has 0 fully saturated rings. The first-order valence-electron chi connectivity index (χ1n) is 3.77. The lowest BCUT2D eigenvalue weighted by Gasteiger charge is -2.02. The summed E-state index contributed by atoms with van der Waals surface area (Å²) in [6.45, 7) is 4.17. The highest BCUT2D eigenvalue weighted by Gasteiger charge is 2.13. The van der Waals surface area contributed by atoms with Crippen molar-refractivity contribution < 1.29 is 0 Å². The van der Waals surface area contributed by atoms with E-state index >= 15 is 0 Å². The molecule has 0 aromatic carbocycles. The van der Waals surface area contributed by atoms with Gasteiger partial charge in [-0.15, -0.1) is 0 Å². The summed E-state index contributed by atoms with van der Waals surface area (Å²) in [6, 6.07) is 0.787. The first kappa shape index (κ1) is 9.42. The van der Waals surface area contributed by atoms with Gasteiger partial charge in [0.1, 0.15) is 4.38 Å². The van der Waals surface area contributed by atoms with Crippen LogP contribution in [0.1, 0.15) is 13.8 Å². The average Bonchev–Trinajstić information content (AvgIpc) is 2.31. The molecule has 64 valence electrons. The SMILES string of the molecule is CC(N)CSC1=NC(C)CS1. The summed E-state index contributed by atoms with van der Waals surface area (Å²) in [5.41, 5.74) is 5.62. The van der Waals surface area contributed by atoms with Crippen LogP contribution in [0.25, 0.3) is 0 Å². The molecule has 1 heterocycles. The number of nitrogens with zero attached hydrogens (tertiary/aromatic N) is 1. The van der Waals surface area contributed by atoms with E-state index in [4.69, 9.17) is 5.73 Å². The minimum absolute atomic E-state index is 0.277. The normalized spacial score (nSPS) is 26.8. The summed E-state index contributed by atoms with van der Waals surface area (Å²) in [5.74, 6) is 2.12. The summed E-state index contributed by atoms with van der Waals surface area (Å²) in [6.07, 6.45) is 0. The van der Waals surface area contributed by atoms with E-state index in [9.17, 15) is 0 Å². The zero-order valence-electron chi connectivity index (χ0n) is 6.91. The molecule has 0 aromatic heterocycles. The molecule has 4 heteroatoms. The van der Waals surface area contributed by atoms with Crippen LogP contribution < -0.4 is 5.73 Å². The van der Waals surface area contributed by atoms with E-state index in [1.807, 2.05) is 18.7 Å². The van der Waals surface area contributed by atoms with Crippen LogP contribution in [0.3, 0.4) is 0 Å². The van der Waals surface area contributed by atoms with Crippen molar-refractivity contribution in [3.8, 4) is 0 Å². The second-order valence-corrected chi connectivity index (χ2v) is 5.12. The fraction of sp³-hybridized carbons (Fsp3) is 0.857. The van der Waals surface area contributed by atoms with Gasteiger partial charge in [0, 0.05) is 17.5 Å². The maximum absolute atomic E-state index is 5.62. The molecule has 0 amide bonds. The highest BCUT2D eigenvalue weighted by molar-refractivity contribution is 8.39. The Balaban J connectivity index is 2.22. The van der Waals surface area contributed by atoms with Crippen molar-refractivity contribution in [2.24, 2.45) is 10.7 Å². The number of nitrogens with two attached hydrogens (primary N) is 1. The summed E-state index contributed by atoms with van der Waals surface area (Å²) in [7, 11) is 0. The van der Waals surface area contributed by atoms with Gasteiger partial charge in [0.2, 0.25) is 0 Å². The Morgan fingerprint density at radius 3 is 3.09 bits per heavy atom. The van der Waals surface area contributed by atoms with Crippen LogP contribution in [-0.2, 0) is 0 Å². The highest BCUT2D eigenvalue weighted by atomic mass is 32.2. The lowest BCUT2D eigenvalue weighted by atomic mass is 10.4. The summed E-state index contributed by atoms with van der Waals surface area (Å²) in [5, 5.41) is 0. The van der Waals surface area contributed by atoms with Gasteiger partial charge in [0.05, 0.1) is 6.04 Å². The summed E-state index contributed by atoms with van der Waals surface area (Å²) >= 11 is 3.63. The van der Waals surface area contributed by atoms with Gasteiger partial charge >= 0.3 is 0 Å². The summed E-state index contributed by atoms with van der Waals surface area (Å²) in [4.78, 5) is 4.45. The third kappa shape index (κ3) is 3.49. The highest BCUT2D eigenvalue weighted by Crippen LogP contribution is 2.25. The summed E-state index contributed by atoms with van der Waals surface area (Å²) < 4.78 is 1.22. The molecule has 2 nitrogen and oxygen atoms in total. The van der Waals surface area contributed by atoms with Gasteiger partial charge in [-0.1, -0.05) is 23.5 Å². The maximum atomic E-state index is 5.62. The molecule has 0 bridgehead atoms. The first-order valence-corrected chi connectivity index (χ1v) is 5.74. The maximum Gasteiger partial charge on any atom is 0.124 e. The monoisotopic (exact) mass is 190 g/mol. The van der Waals surface area contributed by atoms with E-state index in [2.05, 4.69) is 11.9 Å². The van der Waals surface area contributed by atoms with Crippen LogP contribution in [0.15, 0.2) is 4.99 Å². The molecule has 2 unspecified atom stereocenters. The van der Waals surface area contributed by atoms with Crippen LogP contribution in [0.4, 0.5) is 0 Å². The number of thioether (sulfide) groups is 2. The molecule has 0 radical (unpaired) electrons. The smallest absolute Gasteiger partial charge is 0.124 e. The van der Waals surface area contributed by atoms with Crippen molar-refractivity contribution in [1.29, 1.82) is 0 Å². The Bertz CT molecular complexity index is 157. The van der Waals surface area contributed by atoms with Crippen LogP contribution >= 0.6 is 23.5 Å². The minimum Gasteiger partial charge on any atom is -0.327 e. The second-order valence-electron chi connectivity index (χ2n) is 2.84. The molecule has 11 heavy (non-hydrogen) atoms. The topological polar surface area (TPSA) is 38.4 Å². The molecule has 1 aliphatic rings.